The molecule has 0 radical (unpaired) electrons. The van der Waals surface area contributed by atoms with Gasteiger partial charge in [0.1, 0.15) is 5.75 Å². The lowest BCUT2D eigenvalue weighted by Gasteiger charge is -2.11. The fourth-order valence-electron chi connectivity index (χ4n) is 1.94. The quantitative estimate of drug-likeness (QED) is 0.481. The molecular weight excluding hydrogens is 246 g/mol. The van der Waals surface area contributed by atoms with Crippen molar-refractivity contribution in [2.45, 2.75) is 13.8 Å². The van der Waals surface area contributed by atoms with E-state index in [1.54, 1.807) is 25.1 Å². The van der Waals surface area contributed by atoms with E-state index >= 15 is 0 Å². The first-order valence-corrected chi connectivity index (χ1v) is 5.96. The number of carbonyl (C=O) groups is 1. The van der Waals surface area contributed by atoms with Crippen LogP contribution in [-0.2, 0) is 4.74 Å². The highest BCUT2D eigenvalue weighted by atomic mass is 16.5. The molecule has 100 valence electrons. The van der Waals surface area contributed by atoms with Gasteiger partial charge >= 0.3 is 5.97 Å². The fourth-order valence-corrected chi connectivity index (χ4v) is 1.94. The lowest BCUT2D eigenvalue weighted by molar-refractivity contribution is -0.584. The van der Waals surface area contributed by atoms with Gasteiger partial charge in [-0.05, 0) is 19.1 Å². The molecule has 0 N–H and O–H groups in total. The van der Waals surface area contributed by atoms with E-state index in [0.29, 0.717) is 34.5 Å². The molecule has 0 aliphatic heterocycles. The average molecular weight is 261 g/mol. The van der Waals surface area contributed by atoms with Crippen LogP contribution >= 0.6 is 0 Å². The van der Waals surface area contributed by atoms with Crippen molar-refractivity contribution in [3.63, 3.8) is 0 Å². The SMILES string of the molecule is CCOc1cc(C)[n+]([O-])c2cc(C(=O)OC)ccc12. The standard InChI is InChI=1S/C14H15NO4/c1-4-19-13-7-9(2)15(17)12-8-10(14(16)18-3)5-6-11(12)13/h5-8H,4H2,1-3H3. The van der Waals surface area contributed by atoms with Crippen molar-refractivity contribution >= 4 is 16.9 Å². The van der Waals surface area contributed by atoms with Gasteiger partial charge in [-0.25, -0.2) is 4.79 Å². The molecule has 0 unspecified atom stereocenters. The maximum absolute atomic E-state index is 12.1. The molecule has 0 spiro atoms. The van der Waals surface area contributed by atoms with Gasteiger partial charge in [-0.2, -0.15) is 4.73 Å². The minimum Gasteiger partial charge on any atom is -0.618 e. The van der Waals surface area contributed by atoms with E-state index in [1.807, 2.05) is 6.92 Å². The second-order valence-corrected chi connectivity index (χ2v) is 4.10. The van der Waals surface area contributed by atoms with Crippen LogP contribution in [0.5, 0.6) is 5.75 Å². The van der Waals surface area contributed by atoms with Gasteiger partial charge in [0.15, 0.2) is 5.69 Å². The molecule has 5 heteroatoms. The van der Waals surface area contributed by atoms with Crippen LogP contribution in [0.3, 0.4) is 0 Å². The van der Waals surface area contributed by atoms with E-state index in [9.17, 15) is 10.0 Å². The number of ether oxygens (including phenoxy) is 2. The van der Waals surface area contributed by atoms with E-state index in [1.165, 1.54) is 13.2 Å². The fraction of sp³-hybridized carbons (Fsp3) is 0.286. The lowest BCUT2D eigenvalue weighted by Crippen LogP contribution is -2.31. The summed E-state index contributed by atoms with van der Waals surface area (Å²) in [6, 6.07) is 6.52. The molecule has 0 atom stereocenters. The third-order valence-corrected chi connectivity index (χ3v) is 2.86. The molecule has 2 aromatic rings. The Hall–Kier alpha value is -2.30. The Morgan fingerprint density at radius 1 is 1.37 bits per heavy atom. The minimum atomic E-state index is -0.471. The minimum absolute atomic E-state index is 0.340. The summed E-state index contributed by atoms with van der Waals surface area (Å²) in [5.74, 6) is 0.167. The second-order valence-electron chi connectivity index (χ2n) is 4.10. The van der Waals surface area contributed by atoms with Crippen molar-refractivity contribution in [2.75, 3.05) is 13.7 Å². The number of hydrogen-bond acceptors (Lipinski definition) is 4. The summed E-state index contributed by atoms with van der Waals surface area (Å²) >= 11 is 0. The van der Waals surface area contributed by atoms with Crippen LogP contribution in [0.2, 0.25) is 0 Å². The van der Waals surface area contributed by atoms with E-state index in [-0.39, 0.29) is 0 Å². The first-order chi connectivity index (χ1) is 9.08. The predicted molar refractivity (Wildman–Crippen MR) is 70.2 cm³/mol. The third-order valence-electron chi connectivity index (χ3n) is 2.86. The molecule has 0 aliphatic rings. The number of nitrogens with zero attached hydrogens (tertiary/aromatic N) is 1. The van der Waals surface area contributed by atoms with Crippen LogP contribution in [-0.4, -0.2) is 19.7 Å². The largest absolute Gasteiger partial charge is 0.618 e. The molecule has 0 saturated carbocycles. The summed E-state index contributed by atoms with van der Waals surface area (Å²) < 4.78 is 10.9. The summed E-state index contributed by atoms with van der Waals surface area (Å²) in [5.41, 5.74) is 1.25. The summed E-state index contributed by atoms with van der Waals surface area (Å²) in [6.07, 6.45) is 0. The van der Waals surface area contributed by atoms with Gasteiger partial charge in [-0.3, -0.25) is 0 Å². The van der Waals surface area contributed by atoms with Crippen LogP contribution < -0.4 is 9.47 Å². The monoisotopic (exact) mass is 261 g/mol. The number of pyridine rings is 1. The average Bonchev–Trinajstić information content (AvgIpc) is 2.43. The van der Waals surface area contributed by atoms with Gasteiger partial charge in [0.2, 0.25) is 5.52 Å². The van der Waals surface area contributed by atoms with Crippen molar-refractivity contribution in [1.82, 2.24) is 0 Å². The van der Waals surface area contributed by atoms with Gasteiger partial charge in [0.05, 0.1) is 24.7 Å². The normalized spacial score (nSPS) is 10.5. The molecule has 0 fully saturated rings. The van der Waals surface area contributed by atoms with Gasteiger partial charge in [0, 0.05) is 19.1 Å². The Labute approximate surface area is 111 Å². The number of fused-ring (bicyclic) bond motifs is 1. The van der Waals surface area contributed by atoms with Crippen LogP contribution in [0, 0.1) is 12.1 Å². The maximum atomic E-state index is 12.1. The number of rotatable bonds is 3. The molecule has 19 heavy (non-hydrogen) atoms. The highest BCUT2D eigenvalue weighted by molar-refractivity contribution is 5.94. The summed E-state index contributed by atoms with van der Waals surface area (Å²) in [6.45, 7) is 4.08. The zero-order chi connectivity index (χ0) is 14.0. The first kappa shape index (κ1) is 13.1. The van der Waals surface area contributed by atoms with Crippen molar-refractivity contribution in [1.29, 1.82) is 0 Å². The second kappa shape index (κ2) is 5.14. The zero-order valence-corrected chi connectivity index (χ0v) is 11.1. The zero-order valence-electron chi connectivity index (χ0n) is 11.1. The van der Waals surface area contributed by atoms with Crippen LogP contribution in [0.15, 0.2) is 24.3 Å². The number of methoxy groups -OCH3 is 1. The maximum Gasteiger partial charge on any atom is 0.338 e. The van der Waals surface area contributed by atoms with E-state index in [0.717, 1.165) is 4.73 Å². The third kappa shape index (κ3) is 2.31. The van der Waals surface area contributed by atoms with E-state index < -0.39 is 5.97 Å². The Balaban J connectivity index is 2.70. The molecule has 0 bridgehead atoms. The number of aromatic nitrogens is 1. The van der Waals surface area contributed by atoms with Crippen LogP contribution in [0.25, 0.3) is 10.9 Å². The molecule has 0 saturated heterocycles. The van der Waals surface area contributed by atoms with Gasteiger partial charge in [-0.1, -0.05) is 0 Å². The number of esters is 1. The van der Waals surface area contributed by atoms with Gasteiger partial charge < -0.3 is 14.7 Å². The Morgan fingerprint density at radius 2 is 2.11 bits per heavy atom. The number of benzene rings is 1. The van der Waals surface area contributed by atoms with Crippen molar-refractivity contribution in [3.8, 4) is 5.75 Å². The Morgan fingerprint density at radius 3 is 2.74 bits per heavy atom. The van der Waals surface area contributed by atoms with Crippen molar-refractivity contribution < 1.29 is 19.0 Å². The summed E-state index contributed by atoms with van der Waals surface area (Å²) in [4.78, 5) is 11.5. The molecule has 1 aromatic carbocycles. The smallest absolute Gasteiger partial charge is 0.338 e. The summed E-state index contributed by atoms with van der Waals surface area (Å²) in [5, 5.41) is 12.7. The molecule has 0 aliphatic carbocycles. The predicted octanol–water partition coefficient (Wildman–Crippen LogP) is 1.97. The Bertz CT molecular complexity index is 637. The van der Waals surface area contributed by atoms with Gasteiger partial charge in [0.25, 0.3) is 0 Å². The molecule has 0 amide bonds. The topological polar surface area (TPSA) is 62.5 Å². The number of aryl methyl sites for hydroxylation is 1. The molecule has 1 aromatic heterocycles. The van der Waals surface area contributed by atoms with Crippen molar-refractivity contribution in [2.24, 2.45) is 0 Å². The number of carbonyl (C=O) groups excluding carboxylic acids is 1. The van der Waals surface area contributed by atoms with E-state index in [2.05, 4.69) is 4.74 Å². The van der Waals surface area contributed by atoms with Crippen LogP contribution in [0.1, 0.15) is 23.0 Å². The lowest BCUT2D eigenvalue weighted by atomic mass is 10.1. The molecular formula is C14H15NO4. The highest BCUT2D eigenvalue weighted by Crippen LogP contribution is 2.25. The number of hydrogen-bond donors (Lipinski definition) is 0. The molecule has 2 rings (SSSR count). The Kier molecular flexibility index (Phi) is 3.55. The first-order valence-electron chi connectivity index (χ1n) is 5.96. The van der Waals surface area contributed by atoms with Gasteiger partial charge in [-0.15, -0.1) is 0 Å². The molecule has 5 nitrogen and oxygen atoms in total. The van der Waals surface area contributed by atoms with E-state index in [4.69, 9.17) is 4.74 Å². The highest BCUT2D eigenvalue weighted by Gasteiger charge is 2.16. The molecule has 1 heterocycles. The van der Waals surface area contributed by atoms with Crippen molar-refractivity contribution in [3.05, 3.63) is 40.7 Å². The summed E-state index contributed by atoms with van der Waals surface area (Å²) in [7, 11) is 1.31. The van der Waals surface area contributed by atoms with Crippen LogP contribution in [0.4, 0.5) is 0 Å².